The highest BCUT2D eigenvalue weighted by Gasteiger charge is 2.17. The van der Waals surface area contributed by atoms with Crippen molar-refractivity contribution >= 4 is 22.8 Å². The Morgan fingerprint density at radius 3 is 2.62 bits per heavy atom. The van der Waals surface area contributed by atoms with Gasteiger partial charge in [-0.05, 0) is 26.0 Å². The molecule has 0 aliphatic rings. The molecule has 1 heterocycles. The first-order valence-corrected chi connectivity index (χ1v) is 7.79. The Morgan fingerprint density at radius 2 is 2.05 bits per heavy atom. The van der Waals surface area contributed by atoms with Crippen molar-refractivity contribution in [3.63, 3.8) is 0 Å². The van der Waals surface area contributed by atoms with E-state index in [4.69, 9.17) is 0 Å². The zero-order valence-electron chi connectivity index (χ0n) is 12.6. The SMILES string of the molecule is CC(=O)c1c(F)cccc1NC(C)c1csc(C(C)C)n1. The van der Waals surface area contributed by atoms with E-state index in [0.717, 1.165) is 10.7 Å². The fraction of sp³-hybridized carbons (Fsp3) is 0.375. The van der Waals surface area contributed by atoms with Gasteiger partial charge in [0.15, 0.2) is 5.78 Å². The summed E-state index contributed by atoms with van der Waals surface area (Å²) in [6, 6.07) is 4.52. The van der Waals surface area contributed by atoms with Gasteiger partial charge in [0.1, 0.15) is 5.82 Å². The van der Waals surface area contributed by atoms with Crippen molar-refractivity contribution in [3.8, 4) is 0 Å². The lowest BCUT2D eigenvalue weighted by Crippen LogP contribution is -2.11. The first-order chi connectivity index (χ1) is 9.90. The number of carbonyl (C=O) groups is 1. The van der Waals surface area contributed by atoms with Gasteiger partial charge in [0.2, 0.25) is 0 Å². The number of Topliss-reactive ketones (excluding diaryl/α,β-unsaturated/α-hetero) is 1. The number of aromatic nitrogens is 1. The van der Waals surface area contributed by atoms with Crippen LogP contribution in [-0.4, -0.2) is 10.8 Å². The van der Waals surface area contributed by atoms with Crippen molar-refractivity contribution in [2.45, 2.75) is 39.7 Å². The van der Waals surface area contributed by atoms with Gasteiger partial charge in [0.25, 0.3) is 0 Å². The monoisotopic (exact) mass is 306 g/mol. The van der Waals surface area contributed by atoms with Crippen LogP contribution in [0.1, 0.15) is 60.7 Å². The van der Waals surface area contributed by atoms with E-state index in [9.17, 15) is 9.18 Å². The highest BCUT2D eigenvalue weighted by atomic mass is 32.1. The number of carbonyl (C=O) groups excluding carboxylic acids is 1. The van der Waals surface area contributed by atoms with Crippen LogP contribution in [-0.2, 0) is 0 Å². The van der Waals surface area contributed by atoms with Crippen LogP contribution in [0.25, 0.3) is 0 Å². The summed E-state index contributed by atoms with van der Waals surface area (Å²) in [7, 11) is 0. The molecule has 0 aliphatic carbocycles. The third-order valence-corrected chi connectivity index (χ3v) is 4.38. The van der Waals surface area contributed by atoms with Crippen LogP contribution in [0.2, 0.25) is 0 Å². The second-order valence-corrected chi connectivity index (χ2v) is 6.24. The molecule has 0 bridgehead atoms. The van der Waals surface area contributed by atoms with Gasteiger partial charge in [-0.25, -0.2) is 9.37 Å². The molecule has 0 fully saturated rings. The molecule has 0 spiro atoms. The molecule has 1 atom stereocenters. The number of benzene rings is 1. The molecule has 1 unspecified atom stereocenters. The minimum Gasteiger partial charge on any atom is -0.376 e. The number of rotatable bonds is 5. The first kappa shape index (κ1) is 15.6. The molecule has 2 rings (SSSR count). The van der Waals surface area contributed by atoms with Crippen LogP contribution < -0.4 is 5.32 Å². The summed E-state index contributed by atoms with van der Waals surface area (Å²) in [6.45, 7) is 7.52. The van der Waals surface area contributed by atoms with E-state index < -0.39 is 5.82 Å². The number of nitrogens with zero attached hydrogens (tertiary/aromatic N) is 1. The van der Waals surface area contributed by atoms with E-state index in [-0.39, 0.29) is 17.4 Å². The van der Waals surface area contributed by atoms with Gasteiger partial charge in [0, 0.05) is 17.0 Å². The van der Waals surface area contributed by atoms with Gasteiger partial charge in [-0.15, -0.1) is 11.3 Å². The van der Waals surface area contributed by atoms with E-state index in [1.54, 1.807) is 23.5 Å². The lowest BCUT2D eigenvalue weighted by molar-refractivity contribution is 0.101. The zero-order chi connectivity index (χ0) is 15.6. The maximum atomic E-state index is 13.8. The predicted molar refractivity (Wildman–Crippen MR) is 84.6 cm³/mol. The van der Waals surface area contributed by atoms with Crippen molar-refractivity contribution in [3.05, 3.63) is 45.7 Å². The molecule has 112 valence electrons. The third-order valence-electron chi connectivity index (χ3n) is 3.21. The molecule has 1 aromatic carbocycles. The molecule has 1 aromatic heterocycles. The van der Waals surface area contributed by atoms with E-state index >= 15 is 0 Å². The third kappa shape index (κ3) is 3.47. The summed E-state index contributed by atoms with van der Waals surface area (Å²) >= 11 is 1.62. The van der Waals surface area contributed by atoms with Crippen LogP contribution in [0.4, 0.5) is 10.1 Å². The molecule has 2 aromatic rings. The highest BCUT2D eigenvalue weighted by molar-refractivity contribution is 7.09. The maximum absolute atomic E-state index is 13.8. The number of nitrogens with one attached hydrogen (secondary N) is 1. The summed E-state index contributed by atoms with van der Waals surface area (Å²) in [4.78, 5) is 16.2. The number of halogens is 1. The fourth-order valence-corrected chi connectivity index (χ4v) is 3.00. The summed E-state index contributed by atoms with van der Waals surface area (Å²) in [5.74, 6) is -0.400. The van der Waals surface area contributed by atoms with Crippen LogP contribution in [0.15, 0.2) is 23.6 Å². The van der Waals surface area contributed by atoms with Gasteiger partial charge in [-0.2, -0.15) is 0 Å². The van der Waals surface area contributed by atoms with Crippen molar-refractivity contribution in [2.75, 3.05) is 5.32 Å². The zero-order valence-corrected chi connectivity index (χ0v) is 13.4. The van der Waals surface area contributed by atoms with Gasteiger partial charge in [-0.1, -0.05) is 19.9 Å². The maximum Gasteiger partial charge on any atom is 0.164 e. The minimum absolute atomic E-state index is 0.0892. The summed E-state index contributed by atoms with van der Waals surface area (Å²) in [5.41, 5.74) is 1.51. The molecule has 21 heavy (non-hydrogen) atoms. The van der Waals surface area contributed by atoms with E-state index in [1.165, 1.54) is 13.0 Å². The van der Waals surface area contributed by atoms with Crippen LogP contribution in [0, 0.1) is 5.82 Å². The molecule has 0 saturated carbocycles. The Bertz CT molecular complexity index is 651. The second kappa shape index (κ2) is 6.35. The number of ketones is 1. The Labute approximate surface area is 128 Å². The lowest BCUT2D eigenvalue weighted by atomic mass is 10.1. The minimum atomic E-state index is -0.499. The highest BCUT2D eigenvalue weighted by Crippen LogP contribution is 2.27. The fourth-order valence-electron chi connectivity index (χ4n) is 2.07. The molecule has 0 radical (unpaired) electrons. The summed E-state index contributed by atoms with van der Waals surface area (Å²) < 4.78 is 13.8. The average Bonchev–Trinajstić information content (AvgIpc) is 2.88. The van der Waals surface area contributed by atoms with Crippen molar-refractivity contribution in [1.82, 2.24) is 4.98 Å². The van der Waals surface area contributed by atoms with Gasteiger partial charge in [-0.3, -0.25) is 4.79 Å². The first-order valence-electron chi connectivity index (χ1n) is 6.91. The van der Waals surface area contributed by atoms with Crippen molar-refractivity contribution < 1.29 is 9.18 Å². The van der Waals surface area contributed by atoms with Crippen LogP contribution in [0.5, 0.6) is 0 Å². The summed E-state index contributed by atoms with van der Waals surface area (Å²) in [5, 5.41) is 6.26. The molecule has 1 N–H and O–H groups in total. The van der Waals surface area contributed by atoms with E-state index in [1.807, 2.05) is 12.3 Å². The molecule has 0 amide bonds. The molecular weight excluding hydrogens is 287 g/mol. The molecular formula is C16H19FN2OS. The van der Waals surface area contributed by atoms with Gasteiger partial charge >= 0.3 is 0 Å². The average molecular weight is 306 g/mol. The van der Waals surface area contributed by atoms with Gasteiger partial charge in [0.05, 0.1) is 22.3 Å². The van der Waals surface area contributed by atoms with Crippen LogP contribution >= 0.6 is 11.3 Å². The second-order valence-electron chi connectivity index (χ2n) is 5.35. The molecule has 0 saturated heterocycles. The van der Waals surface area contributed by atoms with Crippen LogP contribution in [0.3, 0.4) is 0 Å². The number of hydrogen-bond acceptors (Lipinski definition) is 4. The Morgan fingerprint density at radius 1 is 1.33 bits per heavy atom. The topological polar surface area (TPSA) is 42.0 Å². The normalized spacial score (nSPS) is 12.5. The Kier molecular flexibility index (Phi) is 4.73. The van der Waals surface area contributed by atoms with E-state index in [2.05, 4.69) is 24.1 Å². The number of hydrogen-bond donors (Lipinski definition) is 1. The molecule has 0 aliphatic heterocycles. The molecule has 5 heteroatoms. The van der Waals surface area contributed by atoms with Crippen molar-refractivity contribution in [2.24, 2.45) is 0 Å². The Balaban J connectivity index is 2.25. The summed E-state index contributed by atoms with van der Waals surface area (Å²) in [6.07, 6.45) is 0. The lowest BCUT2D eigenvalue weighted by Gasteiger charge is -2.16. The predicted octanol–water partition coefficient (Wildman–Crippen LogP) is 4.78. The largest absolute Gasteiger partial charge is 0.376 e. The smallest absolute Gasteiger partial charge is 0.164 e. The van der Waals surface area contributed by atoms with E-state index in [0.29, 0.717) is 11.6 Å². The standard InChI is InChI=1S/C16H19FN2OS/c1-9(2)16-19-14(8-21-16)10(3)18-13-7-5-6-12(17)15(13)11(4)20/h5-10,18H,1-4H3. The molecule has 3 nitrogen and oxygen atoms in total. The van der Waals surface area contributed by atoms with Crippen molar-refractivity contribution in [1.29, 1.82) is 0 Å². The Hall–Kier alpha value is -1.75. The number of thiazole rings is 1. The number of anilines is 1. The van der Waals surface area contributed by atoms with Gasteiger partial charge < -0.3 is 5.32 Å². The quantitative estimate of drug-likeness (QED) is 0.808.